The van der Waals surface area contributed by atoms with Crippen molar-refractivity contribution in [2.45, 2.75) is 13.0 Å². The Kier molecular flexibility index (Phi) is 6.71. The quantitative estimate of drug-likeness (QED) is 0.719. The zero-order valence-electron chi connectivity index (χ0n) is 12.4. The van der Waals surface area contributed by atoms with Crippen LogP contribution in [0.1, 0.15) is 11.3 Å². The Balaban J connectivity index is 1.75. The van der Waals surface area contributed by atoms with Crippen LogP contribution >= 0.6 is 0 Å². The molecule has 112 valence electrons. The SMILES string of the molecule is COCCNCc1cccc(OCCc2ccccn2)c1. The van der Waals surface area contributed by atoms with E-state index in [-0.39, 0.29) is 0 Å². The highest BCUT2D eigenvalue weighted by Crippen LogP contribution is 2.13. The highest BCUT2D eigenvalue weighted by Gasteiger charge is 1.98. The molecule has 0 spiro atoms. The molecule has 1 aromatic heterocycles. The molecule has 2 aromatic rings. The predicted octanol–water partition coefficient (Wildman–Crippen LogP) is 2.44. The van der Waals surface area contributed by atoms with E-state index in [0.717, 1.165) is 37.6 Å². The monoisotopic (exact) mass is 286 g/mol. The molecule has 0 aliphatic carbocycles. The summed E-state index contributed by atoms with van der Waals surface area (Å²) >= 11 is 0. The van der Waals surface area contributed by atoms with Gasteiger partial charge >= 0.3 is 0 Å². The molecule has 1 aromatic carbocycles. The zero-order valence-corrected chi connectivity index (χ0v) is 12.4. The number of nitrogens with one attached hydrogen (secondary N) is 1. The molecule has 0 atom stereocenters. The molecule has 0 saturated carbocycles. The molecule has 1 heterocycles. The molecule has 21 heavy (non-hydrogen) atoms. The van der Waals surface area contributed by atoms with Crippen molar-refractivity contribution in [3.63, 3.8) is 0 Å². The third-order valence-electron chi connectivity index (χ3n) is 3.06. The van der Waals surface area contributed by atoms with E-state index in [4.69, 9.17) is 9.47 Å². The molecule has 0 radical (unpaired) electrons. The number of aromatic nitrogens is 1. The molecule has 0 saturated heterocycles. The smallest absolute Gasteiger partial charge is 0.119 e. The maximum Gasteiger partial charge on any atom is 0.119 e. The minimum Gasteiger partial charge on any atom is -0.493 e. The third-order valence-corrected chi connectivity index (χ3v) is 3.06. The molecule has 4 nitrogen and oxygen atoms in total. The Morgan fingerprint density at radius 3 is 2.86 bits per heavy atom. The van der Waals surface area contributed by atoms with E-state index in [1.807, 2.05) is 36.5 Å². The Hall–Kier alpha value is -1.91. The average molecular weight is 286 g/mol. The number of pyridine rings is 1. The van der Waals surface area contributed by atoms with Crippen LogP contribution in [0.25, 0.3) is 0 Å². The minimum atomic E-state index is 0.636. The van der Waals surface area contributed by atoms with E-state index in [2.05, 4.69) is 22.4 Å². The van der Waals surface area contributed by atoms with Crippen LogP contribution in [0.5, 0.6) is 5.75 Å². The standard InChI is InChI=1S/C17H22N2O2/c1-20-12-10-18-14-15-5-4-7-17(13-15)21-11-8-16-6-2-3-9-19-16/h2-7,9,13,18H,8,10-12,14H2,1H3. The number of methoxy groups -OCH3 is 1. The summed E-state index contributed by atoms with van der Waals surface area (Å²) in [5.74, 6) is 0.900. The Bertz CT molecular complexity index is 517. The third kappa shape index (κ3) is 5.94. The number of hydrogen-bond acceptors (Lipinski definition) is 4. The molecule has 4 heteroatoms. The number of hydrogen-bond donors (Lipinski definition) is 1. The van der Waals surface area contributed by atoms with Crippen molar-refractivity contribution in [2.24, 2.45) is 0 Å². The van der Waals surface area contributed by atoms with Crippen molar-refractivity contribution in [3.05, 3.63) is 59.9 Å². The van der Waals surface area contributed by atoms with Gasteiger partial charge in [-0.25, -0.2) is 0 Å². The molecule has 0 aliphatic rings. The van der Waals surface area contributed by atoms with Gasteiger partial charge < -0.3 is 14.8 Å². The van der Waals surface area contributed by atoms with Crippen molar-refractivity contribution in [1.29, 1.82) is 0 Å². The van der Waals surface area contributed by atoms with Gasteiger partial charge in [-0.3, -0.25) is 4.98 Å². The minimum absolute atomic E-state index is 0.636. The first kappa shape index (κ1) is 15.5. The summed E-state index contributed by atoms with van der Waals surface area (Å²) in [4.78, 5) is 4.28. The Morgan fingerprint density at radius 1 is 1.10 bits per heavy atom. The molecule has 0 amide bonds. The van der Waals surface area contributed by atoms with Gasteiger partial charge in [0.1, 0.15) is 5.75 Å². The van der Waals surface area contributed by atoms with Gasteiger partial charge in [-0.05, 0) is 29.8 Å². The average Bonchev–Trinajstić information content (AvgIpc) is 2.53. The van der Waals surface area contributed by atoms with Crippen LogP contribution in [-0.4, -0.2) is 31.9 Å². The van der Waals surface area contributed by atoms with Gasteiger partial charge in [0.15, 0.2) is 0 Å². The van der Waals surface area contributed by atoms with E-state index in [9.17, 15) is 0 Å². The zero-order chi connectivity index (χ0) is 14.8. The van der Waals surface area contributed by atoms with Crippen LogP contribution in [0, 0.1) is 0 Å². The van der Waals surface area contributed by atoms with Crippen molar-refractivity contribution in [1.82, 2.24) is 10.3 Å². The van der Waals surface area contributed by atoms with Crippen LogP contribution in [0.2, 0.25) is 0 Å². The molecule has 0 unspecified atom stereocenters. The van der Waals surface area contributed by atoms with E-state index in [1.54, 1.807) is 7.11 Å². The number of nitrogens with zero attached hydrogens (tertiary/aromatic N) is 1. The van der Waals surface area contributed by atoms with Gasteiger partial charge in [0.25, 0.3) is 0 Å². The van der Waals surface area contributed by atoms with Crippen LogP contribution in [-0.2, 0) is 17.7 Å². The van der Waals surface area contributed by atoms with E-state index >= 15 is 0 Å². The number of benzene rings is 1. The second-order valence-corrected chi connectivity index (χ2v) is 4.74. The highest BCUT2D eigenvalue weighted by atomic mass is 16.5. The summed E-state index contributed by atoms with van der Waals surface area (Å²) in [6.07, 6.45) is 2.62. The number of ether oxygens (including phenoxy) is 2. The summed E-state index contributed by atoms with van der Waals surface area (Å²) < 4.78 is 10.8. The maximum absolute atomic E-state index is 5.79. The molecule has 0 fully saturated rings. The van der Waals surface area contributed by atoms with E-state index in [0.29, 0.717) is 6.61 Å². The molecule has 0 aliphatic heterocycles. The van der Waals surface area contributed by atoms with E-state index < -0.39 is 0 Å². The topological polar surface area (TPSA) is 43.4 Å². The number of rotatable bonds is 9. The fourth-order valence-corrected chi connectivity index (χ4v) is 1.97. The predicted molar refractivity (Wildman–Crippen MR) is 83.5 cm³/mol. The van der Waals surface area contributed by atoms with E-state index in [1.165, 1.54) is 5.56 Å². The summed E-state index contributed by atoms with van der Waals surface area (Å²) in [7, 11) is 1.71. The van der Waals surface area contributed by atoms with Crippen LogP contribution < -0.4 is 10.1 Å². The van der Waals surface area contributed by atoms with Gasteiger partial charge in [-0.1, -0.05) is 18.2 Å². The fraction of sp³-hybridized carbons (Fsp3) is 0.353. The molecule has 0 bridgehead atoms. The lowest BCUT2D eigenvalue weighted by atomic mass is 10.2. The Labute approximate surface area is 126 Å². The lowest BCUT2D eigenvalue weighted by Gasteiger charge is -2.09. The first-order valence-electron chi connectivity index (χ1n) is 7.20. The van der Waals surface area contributed by atoms with Crippen molar-refractivity contribution in [2.75, 3.05) is 26.9 Å². The van der Waals surface area contributed by atoms with Gasteiger partial charge in [0.05, 0.1) is 13.2 Å². The first-order chi connectivity index (χ1) is 10.4. The van der Waals surface area contributed by atoms with Crippen LogP contribution in [0.4, 0.5) is 0 Å². The van der Waals surface area contributed by atoms with Crippen LogP contribution in [0.3, 0.4) is 0 Å². The molecular formula is C17H22N2O2. The van der Waals surface area contributed by atoms with Gasteiger partial charge in [0.2, 0.25) is 0 Å². The molecular weight excluding hydrogens is 264 g/mol. The lowest BCUT2D eigenvalue weighted by molar-refractivity contribution is 0.199. The van der Waals surface area contributed by atoms with Crippen molar-refractivity contribution in [3.8, 4) is 5.75 Å². The largest absolute Gasteiger partial charge is 0.493 e. The summed E-state index contributed by atoms with van der Waals surface area (Å²) in [5, 5.41) is 3.32. The summed E-state index contributed by atoms with van der Waals surface area (Å²) in [6, 6.07) is 14.1. The van der Waals surface area contributed by atoms with Crippen LogP contribution in [0.15, 0.2) is 48.7 Å². The molecule has 1 N–H and O–H groups in total. The normalized spacial score (nSPS) is 10.5. The Morgan fingerprint density at radius 2 is 2.05 bits per heavy atom. The second kappa shape index (κ2) is 9.10. The second-order valence-electron chi connectivity index (χ2n) is 4.74. The van der Waals surface area contributed by atoms with Crippen molar-refractivity contribution < 1.29 is 9.47 Å². The first-order valence-corrected chi connectivity index (χ1v) is 7.20. The summed E-state index contributed by atoms with van der Waals surface area (Å²) in [5.41, 5.74) is 2.26. The van der Waals surface area contributed by atoms with Crippen molar-refractivity contribution >= 4 is 0 Å². The van der Waals surface area contributed by atoms with Gasteiger partial charge in [0, 0.05) is 38.5 Å². The highest BCUT2D eigenvalue weighted by molar-refractivity contribution is 5.28. The fourth-order valence-electron chi connectivity index (χ4n) is 1.97. The maximum atomic E-state index is 5.79. The molecule has 2 rings (SSSR count). The lowest BCUT2D eigenvalue weighted by Crippen LogP contribution is -2.18. The summed E-state index contributed by atoms with van der Waals surface area (Å²) in [6.45, 7) is 3.03. The van der Waals surface area contributed by atoms with Gasteiger partial charge in [-0.2, -0.15) is 0 Å². The van der Waals surface area contributed by atoms with Gasteiger partial charge in [-0.15, -0.1) is 0 Å².